The van der Waals surface area contributed by atoms with Crippen molar-refractivity contribution < 1.29 is 9.47 Å². The maximum Gasteiger partial charge on any atom is 0.321 e. The average Bonchev–Trinajstić information content (AvgIpc) is 2.32. The van der Waals surface area contributed by atoms with Gasteiger partial charge >= 0.3 is 6.01 Å². The van der Waals surface area contributed by atoms with Crippen molar-refractivity contribution in [1.29, 1.82) is 0 Å². The van der Waals surface area contributed by atoms with Crippen LogP contribution < -0.4 is 9.47 Å². The first kappa shape index (κ1) is 11.1. The predicted molar refractivity (Wildman–Crippen MR) is 67.8 cm³/mol. The highest BCUT2D eigenvalue weighted by atomic mass is 127. The zero-order chi connectivity index (χ0) is 11.4. The summed E-state index contributed by atoms with van der Waals surface area (Å²) in [6.07, 6.45) is 3.39. The van der Waals surface area contributed by atoms with Crippen LogP contribution in [0.2, 0.25) is 0 Å². The van der Waals surface area contributed by atoms with E-state index in [2.05, 4.69) is 32.6 Å². The van der Waals surface area contributed by atoms with Gasteiger partial charge < -0.3 is 9.47 Å². The number of ether oxygens (including phenoxy) is 2. The monoisotopic (exact) mass is 328 g/mol. The molecule has 0 amide bonds. The summed E-state index contributed by atoms with van der Waals surface area (Å²) in [5.74, 6) is 1.39. The molecule has 0 unspecified atom stereocenters. The van der Waals surface area contributed by atoms with E-state index in [4.69, 9.17) is 9.47 Å². The summed E-state index contributed by atoms with van der Waals surface area (Å²) in [5, 5.41) is 0. The highest BCUT2D eigenvalue weighted by Crippen LogP contribution is 2.22. The zero-order valence-corrected chi connectivity index (χ0v) is 10.7. The van der Waals surface area contributed by atoms with Gasteiger partial charge in [0.25, 0.3) is 0 Å². The van der Waals surface area contributed by atoms with Gasteiger partial charge in [-0.05, 0) is 34.7 Å². The number of benzene rings is 1. The van der Waals surface area contributed by atoms with Crippen molar-refractivity contribution in [2.75, 3.05) is 7.11 Å². The Kier molecular flexibility index (Phi) is 3.55. The smallest absolute Gasteiger partial charge is 0.321 e. The zero-order valence-electron chi connectivity index (χ0n) is 8.55. The van der Waals surface area contributed by atoms with Gasteiger partial charge in [0.2, 0.25) is 0 Å². The first-order valence-electron chi connectivity index (χ1n) is 4.57. The van der Waals surface area contributed by atoms with Crippen LogP contribution in [0.5, 0.6) is 17.5 Å². The molecule has 5 heteroatoms. The van der Waals surface area contributed by atoms with E-state index >= 15 is 0 Å². The number of nitrogens with zero attached hydrogens (tertiary/aromatic N) is 2. The number of methoxy groups -OCH3 is 1. The van der Waals surface area contributed by atoms with Crippen LogP contribution in [0.4, 0.5) is 0 Å². The Morgan fingerprint density at radius 2 is 1.81 bits per heavy atom. The van der Waals surface area contributed by atoms with Crippen LogP contribution in [-0.4, -0.2) is 17.1 Å². The Labute approximate surface area is 107 Å². The highest BCUT2D eigenvalue weighted by molar-refractivity contribution is 14.1. The lowest BCUT2D eigenvalue weighted by molar-refractivity contribution is 0.404. The van der Waals surface area contributed by atoms with Gasteiger partial charge in [-0.25, -0.2) is 9.97 Å². The number of hydrogen-bond donors (Lipinski definition) is 0. The molecule has 4 nitrogen and oxygen atoms in total. The van der Waals surface area contributed by atoms with Gasteiger partial charge in [-0.15, -0.1) is 0 Å². The first-order chi connectivity index (χ1) is 7.78. The predicted octanol–water partition coefficient (Wildman–Crippen LogP) is 2.88. The number of hydrogen-bond acceptors (Lipinski definition) is 4. The normalized spacial score (nSPS) is 9.88. The molecule has 0 fully saturated rings. The summed E-state index contributed by atoms with van der Waals surface area (Å²) >= 11 is 2.14. The Morgan fingerprint density at radius 3 is 2.50 bits per heavy atom. The fourth-order valence-electron chi connectivity index (χ4n) is 1.12. The van der Waals surface area contributed by atoms with Gasteiger partial charge in [0.05, 0.1) is 7.11 Å². The second-order valence-corrected chi connectivity index (χ2v) is 4.21. The van der Waals surface area contributed by atoms with E-state index < -0.39 is 0 Å². The van der Waals surface area contributed by atoms with Gasteiger partial charge in [-0.3, -0.25) is 0 Å². The van der Waals surface area contributed by atoms with Gasteiger partial charge in [0.1, 0.15) is 11.5 Å². The Bertz CT molecular complexity index is 474. The van der Waals surface area contributed by atoms with Crippen LogP contribution in [0, 0.1) is 3.57 Å². The summed E-state index contributed by atoms with van der Waals surface area (Å²) < 4.78 is 11.5. The van der Waals surface area contributed by atoms with Crippen LogP contribution in [0.1, 0.15) is 0 Å². The minimum atomic E-state index is 0.327. The molecule has 0 atom stereocenters. The van der Waals surface area contributed by atoms with Crippen molar-refractivity contribution >= 4 is 22.6 Å². The molecular weight excluding hydrogens is 319 g/mol. The van der Waals surface area contributed by atoms with Crippen molar-refractivity contribution in [3.05, 3.63) is 40.2 Å². The fourth-order valence-corrected chi connectivity index (χ4v) is 1.40. The van der Waals surface area contributed by atoms with Crippen LogP contribution in [0.25, 0.3) is 0 Å². The van der Waals surface area contributed by atoms with E-state index in [0.717, 1.165) is 9.32 Å². The van der Waals surface area contributed by atoms with Gasteiger partial charge in [-0.2, -0.15) is 0 Å². The van der Waals surface area contributed by atoms with E-state index in [-0.39, 0.29) is 0 Å². The SMILES string of the molecule is COc1cccc(Oc2ncc(I)cn2)c1. The van der Waals surface area contributed by atoms with Gasteiger partial charge in [0, 0.05) is 22.0 Å². The summed E-state index contributed by atoms with van der Waals surface area (Å²) in [6, 6.07) is 7.63. The van der Waals surface area contributed by atoms with Crippen LogP contribution in [-0.2, 0) is 0 Å². The number of rotatable bonds is 3. The molecule has 0 saturated heterocycles. The van der Waals surface area contributed by atoms with Gasteiger partial charge in [0.15, 0.2) is 0 Å². The Balaban J connectivity index is 2.16. The van der Waals surface area contributed by atoms with E-state index in [1.165, 1.54) is 0 Å². The van der Waals surface area contributed by atoms with Crippen molar-refractivity contribution in [2.45, 2.75) is 0 Å². The molecule has 0 aliphatic carbocycles. The molecule has 82 valence electrons. The summed E-state index contributed by atoms with van der Waals surface area (Å²) in [4.78, 5) is 8.09. The van der Waals surface area contributed by atoms with Gasteiger partial charge in [-0.1, -0.05) is 6.07 Å². The largest absolute Gasteiger partial charge is 0.497 e. The van der Waals surface area contributed by atoms with Crippen LogP contribution in [0.15, 0.2) is 36.7 Å². The quantitative estimate of drug-likeness (QED) is 0.813. The maximum absolute atomic E-state index is 5.47. The lowest BCUT2D eigenvalue weighted by atomic mass is 10.3. The molecule has 0 saturated carbocycles. The maximum atomic E-state index is 5.47. The molecule has 0 spiro atoms. The average molecular weight is 328 g/mol. The molecule has 2 rings (SSSR count). The van der Waals surface area contributed by atoms with Crippen molar-refractivity contribution in [2.24, 2.45) is 0 Å². The topological polar surface area (TPSA) is 44.2 Å². The van der Waals surface area contributed by atoms with E-state index in [1.54, 1.807) is 25.6 Å². The molecule has 16 heavy (non-hydrogen) atoms. The molecule has 0 N–H and O–H groups in total. The molecule has 0 aliphatic heterocycles. The van der Waals surface area contributed by atoms with Crippen LogP contribution in [0.3, 0.4) is 0 Å². The standard InChI is InChI=1S/C11H9IN2O2/c1-15-9-3-2-4-10(5-9)16-11-13-6-8(12)7-14-11/h2-7H,1H3. The number of aromatic nitrogens is 2. The first-order valence-corrected chi connectivity index (χ1v) is 5.65. The lowest BCUT2D eigenvalue weighted by Crippen LogP contribution is -1.92. The molecule has 0 bridgehead atoms. The van der Waals surface area contributed by atoms with Crippen molar-refractivity contribution in [1.82, 2.24) is 9.97 Å². The Morgan fingerprint density at radius 1 is 1.12 bits per heavy atom. The minimum absolute atomic E-state index is 0.327. The van der Waals surface area contributed by atoms with E-state index in [9.17, 15) is 0 Å². The third-order valence-corrected chi connectivity index (χ3v) is 2.40. The minimum Gasteiger partial charge on any atom is -0.497 e. The van der Waals surface area contributed by atoms with Crippen LogP contribution >= 0.6 is 22.6 Å². The molecular formula is C11H9IN2O2. The second-order valence-electron chi connectivity index (χ2n) is 2.96. The summed E-state index contributed by atoms with van der Waals surface area (Å²) in [6.45, 7) is 0. The summed E-state index contributed by atoms with van der Waals surface area (Å²) in [5.41, 5.74) is 0. The third-order valence-electron chi connectivity index (χ3n) is 1.85. The molecule has 2 aromatic rings. The van der Waals surface area contributed by atoms with E-state index in [0.29, 0.717) is 11.8 Å². The third kappa shape index (κ3) is 2.82. The second kappa shape index (κ2) is 5.11. The molecule has 0 radical (unpaired) electrons. The number of halogens is 1. The van der Waals surface area contributed by atoms with E-state index in [1.807, 2.05) is 18.2 Å². The molecule has 1 aromatic heterocycles. The highest BCUT2D eigenvalue weighted by Gasteiger charge is 2.01. The van der Waals surface area contributed by atoms with Crippen molar-refractivity contribution in [3.63, 3.8) is 0 Å². The Hall–Kier alpha value is -1.37. The lowest BCUT2D eigenvalue weighted by Gasteiger charge is -2.05. The van der Waals surface area contributed by atoms with Crippen molar-refractivity contribution in [3.8, 4) is 17.5 Å². The fraction of sp³-hybridized carbons (Fsp3) is 0.0909. The molecule has 1 aromatic carbocycles. The molecule has 1 heterocycles. The summed E-state index contributed by atoms with van der Waals surface area (Å²) in [7, 11) is 1.61. The molecule has 0 aliphatic rings.